The number of nitrogens with zero attached hydrogens (tertiary/aromatic N) is 1. The van der Waals surface area contributed by atoms with Crippen LogP contribution in [-0.2, 0) is 16.8 Å². The number of aromatic hydroxyl groups is 1. The zero-order valence-electron chi connectivity index (χ0n) is 18.4. The van der Waals surface area contributed by atoms with Gasteiger partial charge in [0, 0.05) is 0 Å². The number of phenols is 1. The average molecular weight is 466 g/mol. The fourth-order valence-corrected chi connectivity index (χ4v) is 5.72. The van der Waals surface area contributed by atoms with Crippen molar-refractivity contribution in [2.24, 2.45) is 0 Å². The zero-order chi connectivity index (χ0) is 23.5. The Bertz CT molecular complexity index is 1200. The number of hydrogen-bond acceptors (Lipinski definition) is 4. The van der Waals surface area contributed by atoms with Gasteiger partial charge in [-0.3, -0.25) is 14.5 Å². The van der Waals surface area contributed by atoms with Crippen LogP contribution in [0, 0.1) is 0 Å². The lowest BCUT2D eigenvalue weighted by molar-refractivity contribution is -0.129. The molecule has 4 aromatic rings. The van der Waals surface area contributed by atoms with Crippen LogP contribution in [0.25, 0.3) is 0 Å². The first-order valence-corrected chi connectivity index (χ1v) is 12.0. The van der Waals surface area contributed by atoms with E-state index in [0.29, 0.717) is 6.42 Å². The fourth-order valence-electron chi connectivity index (χ4n) is 4.66. The first-order valence-electron chi connectivity index (χ1n) is 11.1. The highest BCUT2D eigenvalue weighted by Crippen LogP contribution is 2.47. The number of thioether (sulfide) groups is 1. The summed E-state index contributed by atoms with van der Waals surface area (Å²) in [5, 5.41) is 8.78. The highest BCUT2D eigenvalue weighted by molar-refractivity contribution is 8.15. The van der Waals surface area contributed by atoms with Gasteiger partial charge in [0.25, 0.3) is 5.24 Å². The summed E-state index contributed by atoms with van der Waals surface area (Å²) in [6.07, 6.45) is 0.403. The molecule has 1 aliphatic heterocycles. The van der Waals surface area contributed by atoms with Crippen molar-refractivity contribution in [3.63, 3.8) is 0 Å². The molecule has 4 aromatic carbocycles. The van der Waals surface area contributed by atoms with Crippen LogP contribution in [0.4, 0.5) is 4.79 Å². The van der Waals surface area contributed by atoms with Crippen LogP contribution in [0.2, 0.25) is 0 Å². The Hall–Kier alpha value is -3.83. The Morgan fingerprint density at radius 1 is 0.676 bits per heavy atom. The number of carbonyl (C=O) groups excluding carboxylic acids is 2. The summed E-state index contributed by atoms with van der Waals surface area (Å²) in [5.74, 6) is -0.0530. The second-order valence-electron chi connectivity index (χ2n) is 8.23. The molecule has 5 rings (SSSR count). The van der Waals surface area contributed by atoms with E-state index in [1.54, 1.807) is 24.3 Å². The summed E-state index contributed by atoms with van der Waals surface area (Å²) in [6, 6.07) is 36.0. The van der Waals surface area contributed by atoms with Crippen molar-refractivity contribution in [2.45, 2.75) is 17.2 Å². The molecule has 0 unspecified atom stereocenters. The summed E-state index contributed by atoms with van der Waals surface area (Å²) < 4.78 is 0. The van der Waals surface area contributed by atoms with Gasteiger partial charge in [-0.2, -0.15) is 0 Å². The maximum absolute atomic E-state index is 14.0. The minimum Gasteiger partial charge on any atom is -0.508 e. The molecule has 1 aliphatic rings. The van der Waals surface area contributed by atoms with Crippen LogP contribution >= 0.6 is 11.8 Å². The van der Waals surface area contributed by atoms with Gasteiger partial charge in [-0.05, 0) is 40.8 Å². The molecular weight excluding hydrogens is 442 g/mol. The van der Waals surface area contributed by atoms with E-state index in [0.717, 1.165) is 34.0 Å². The standard InChI is InChI=1S/C29H23NO3S/c31-25-18-16-21(17-19-25)20-26-27(32)30(28(33)34-26)29(22-10-4-1-5-11-22,23-12-6-2-7-13-23)24-14-8-3-9-15-24/h1-19,26,31H,20H2/t26-/m0/s1. The molecule has 0 aromatic heterocycles. The van der Waals surface area contributed by atoms with Crippen molar-refractivity contribution in [3.05, 3.63) is 138 Å². The second kappa shape index (κ2) is 9.20. The number of benzene rings is 4. The number of hydrogen-bond donors (Lipinski definition) is 1. The first-order chi connectivity index (χ1) is 16.6. The molecule has 1 saturated heterocycles. The smallest absolute Gasteiger partial charge is 0.290 e. The van der Waals surface area contributed by atoms with Gasteiger partial charge >= 0.3 is 0 Å². The van der Waals surface area contributed by atoms with Crippen LogP contribution in [0.5, 0.6) is 5.75 Å². The van der Waals surface area contributed by atoms with Gasteiger partial charge in [0.15, 0.2) is 0 Å². The normalized spacial score (nSPS) is 16.1. The molecule has 4 nitrogen and oxygen atoms in total. The van der Waals surface area contributed by atoms with E-state index in [9.17, 15) is 14.7 Å². The Morgan fingerprint density at radius 3 is 1.56 bits per heavy atom. The molecule has 1 N–H and O–H groups in total. The van der Waals surface area contributed by atoms with Gasteiger partial charge < -0.3 is 5.11 Å². The van der Waals surface area contributed by atoms with E-state index in [1.807, 2.05) is 91.0 Å². The van der Waals surface area contributed by atoms with Crippen molar-refractivity contribution in [1.82, 2.24) is 4.90 Å². The van der Waals surface area contributed by atoms with E-state index >= 15 is 0 Å². The maximum atomic E-state index is 14.0. The van der Waals surface area contributed by atoms with Crippen LogP contribution in [-0.4, -0.2) is 26.4 Å². The molecule has 0 radical (unpaired) electrons. The number of carbonyl (C=O) groups is 2. The third-order valence-electron chi connectivity index (χ3n) is 6.19. The molecule has 1 atom stereocenters. The van der Waals surface area contributed by atoms with Crippen molar-refractivity contribution in [3.8, 4) is 5.75 Å². The topological polar surface area (TPSA) is 57.6 Å². The number of phenolic OH excluding ortho intramolecular Hbond substituents is 1. The van der Waals surface area contributed by atoms with Gasteiger partial charge in [0.1, 0.15) is 11.3 Å². The van der Waals surface area contributed by atoms with Gasteiger partial charge in [0.2, 0.25) is 5.91 Å². The summed E-state index contributed by atoms with van der Waals surface area (Å²) in [5.41, 5.74) is 2.33. The zero-order valence-corrected chi connectivity index (χ0v) is 19.2. The molecule has 168 valence electrons. The Labute approximate surface area is 202 Å². The maximum Gasteiger partial charge on any atom is 0.290 e. The molecule has 1 heterocycles. The summed E-state index contributed by atoms with van der Waals surface area (Å²) >= 11 is 1.07. The Kier molecular flexibility index (Phi) is 5.95. The van der Waals surface area contributed by atoms with Crippen LogP contribution in [0.1, 0.15) is 22.3 Å². The SMILES string of the molecule is O=C1S[C@@H](Cc2ccc(O)cc2)C(=O)N1C(c1ccccc1)(c1ccccc1)c1ccccc1. The van der Waals surface area contributed by atoms with E-state index < -0.39 is 10.8 Å². The highest BCUT2D eigenvalue weighted by Gasteiger charge is 2.53. The summed E-state index contributed by atoms with van der Waals surface area (Å²) in [6.45, 7) is 0. The van der Waals surface area contributed by atoms with Crippen LogP contribution in [0.3, 0.4) is 0 Å². The third kappa shape index (κ3) is 3.78. The lowest BCUT2D eigenvalue weighted by Gasteiger charge is -2.42. The largest absolute Gasteiger partial charge is 0.508 e. The minimum absolute atomic E-state index is 0.170. The number of amides is 2. The molecule has 0 aliphatic carbocycles. The van der Waals surface area contributed by atoms with E-state index in [-0.39, 0.29) is 16.9 Å². The second-order valence-corrected chi connectivity index (χ2v) is 9.38. The molecule has 1 fully saturated rings. The Morgan fingerprint density at radius 2 is 1.12 bits per heavy atom. The number of rotatable bonds is 6. The molecule has 5 heteroatoms. The quantitative estimate of drug-likeness (QED) is 0.355. The molecule has 0 spiro atoms. The minimum atomic E-state index is -1.10. The Balaban J connectivity index is 1.68. The van der Waals surface area contributed by atoms with E-state index in [4.69, 9.17) is 0 Å². The predicted molar refractivity (Wildman–Crippen MR) is 135 cm³/mol. The molecule has 2 amide bonds. The van der Waals surface area contributed by atoms with Gasteiger partial charge in [-0.15, -0.1) is 0 Å². The van der Waals surface area contributed by atoms with Gasteiger partial charge in [-0.1, -0.05) is 115 Å². The summed E-state index contributed by atoms with van der Waals surface area (Å²) in [4.78, 5) is 29.1. The monoisotopic (exact) mass is 465 g/mol. The van der Waals surface area contributed by atoms with Crippen molar-refractivity contribution in [1.29, 1.82) is 0 Å². The van der Waals surface area contributed by atoms with Gasteiger partial charge in [0.05, 0.1) is 5.25 Å². The molecule has 0 saturated carbocycles. The molecule has 0 bridgehead atoms. The van der Waals surface area contributed by atoms with Crippen molar-refractivity contribution in [2.75, 3.05) is 0 Å². The van der Waals surface area contributed by atoms with E-state index in [2.05, 4.69) is 0 Å². The molecule has 34 heavy (non-hydrogen) atoms. The van der Waals surface area contributed by atoms with Crippen molar-refractivity contribution < 1.29 is 14.7 Å². The third-order valence-corrected chi connectivity index (χ3v) is 7.23. The molecular formula is C29H23NO3S. The average Bonchev–Trinajstić information content (AvgIpc) is 3.16. The summed E-state index contributed by atoms with van der Waals surface area (Å²) in [7, 11) is 0. The first kappa shape index (κ1) is 22.0. The lowest BCUT2D eigenvalue weighted by atomic mass is 9.75. The fraction of sp³-hybridized carbons (Fsp3) is 0.103. The van der Waals surface area contributed by atoms with Gasteiger partial charge in [-0.25, -0.2) is 0 Å². The number of imide groups is 1. The lowest BCUT2D eigenvalue weighted by Crippen LogP contribution is -2.51. The van der Waals surface area contributed by atoms with Crippen LogP contribution in [0.15, 0.2) is 115 Å². The highest BCUT2D eigenvalue weighted by atomic mass is 32.2. The van der Waals surface area contributed by atoms with E-state index in [1.165, 1.54) is 4.90 Å². The van der Waals surface area contributed by atoms with Crippen LogP contribution < -0.4 is 0 Å². The van der Waals surface area contributed by atoms with Crippen molar-refractivity contribution >= 4 is 22.9 Å². The predicted octanol–water partition coefficient (Wildman–Crippen LogP) is 5.99.